The van der Waals surface area contributed by atoms with Crippen molar-refractivity contribution in [3.05, 3.63) is 28.8 Å². The number of alkyl halides is 1. The van der Waals surface area contributed by atoms with E-state index in [9.17, 15) is 0 Å². The minimum Gasteiger partial charge on any atom is -0.496 e. The van der Waals surface area contributed by atoms with Crippen LogP contribution in [0.15, 0.2) is 12.1 Å². The Kier molecular flexibility index (Phi) is 5.48. The molecule has 0 fully saturated rings. The molecule has 18 heavy (non-hydrogen) atoms. The summed E-state index contributed by atoms with van der Waals surface area (Å²) in [6.07, 6.45) is 0. The SMILES string of the molecule is COc1cc(C)cc(C)c1C(C)(C)CNCCCl. The van der Waals surface area contributed by atoms with Crippen LogP contribution in [0.4, 0.5) is 0 Å². The van der Waals surface area contributed by atoms with E-state index in [0.717, 1.165) is 18.8 Å². The van der Waals surface area contributed by atoms with Crippen molar-refractivity contribution < 1.29 is 4.74 Å². The van der Waals surface area contributed by atoms with Gasteiger partial charge in [0.05, 0.1) is 7.11 Å². The Bertz CT molecular complexity index is 402. The van der Waals surface area contributed by atoms with Gasteiger partial charge >= 0.3 is 0 Å². The Balaban J connectivity index is 3.06. The first kappa shape index (κ1) is 15.3. The number of ether oxygens (including phenoxy) is 1. The van der Waals surface area contributed by atoms with E-state index >= 15 is 0 Å². The van der Waals surface area contributed by atoms with Gasteiger partial charge in [-0.05, 0) is 31.0 Å². The van der Waals surface area contributed by atoms with Crippen LogP contribution >= 0.6 is 11.6 Å². The lowest BCUT2D eigenvalue weighted by molar-refractivity contribution is 0.385. The quantitative estimate of drug-likeness (QED) is 0.631. The van der Waals surface area contributed by atoms with Crippen molar-refractivity contribution in [2.75, 3.05) is 26.1 Å². The number of hydrogen-bond donors (Lipinski definition) is 1. The summed E-state index contributed by atoms with van der Waals surface area (Å²) >= 11 is 5.70. The van der Waals surface area contributed by atoms with Crippen LogP contribution < -0.4 is 10.1 Å². The summed E-state index contributed by atoms with van der Waals surface area (Å²) < 4.78 is 5.55. The van der Waals surface area contributed by atoms with Crippen LogP contribution in [0, 0.1) is 13.8 Å². The Morgan fingerprint density at radius 1 is 1.28 bits per heavy atom. The second kappa shape index (κ2) is 6.44. The standard InChI is InChI=1S/C15H24ClNO/c1-11-8-12(2)14(13(9-11)18-5)15(3,4)10-17-7-6-16/h8-9,17H,6-7,10H2,1-5H3. The molecule has 0 aliphatic heterocycles. The van der Waals surface area contributed by atoms with E-state index in [1.165, 1.54) is 16.7 Å². The second-order valence-corrected chi connectivity index (χ2v) is 5.79. The molecule has 0 unspecified atom stereocenters. The maximum atomic E-state index is 5.70. The van der Waals surface area contributed by atoms with Crippen molar-refractivity contribution in [1.82, 2.24) is 5.32 Å². The van der Waals surface area contributed by atoms with E-state index in [0.29, 0.717) is 5.88 Å². The first-order chi connectivity index (χ1) is 8.42. The average molecular weight is 270 g/mol. The van der Waals surface area contributed by atoms with E-state index in [2.05, 4.69) is 45.1 Å². The molecule has 0 spiro atoms. The normalized spacial score (nSPS) is 11.7. The monoisotopic (exact) mass is 269 g/mol. The van der Waals surface area contributed by atoms with Gasteiger partial charge in [0.2, 0.25) is 0 Å². The van der Waals surface area contributed by atoms with Crippen LogP contribution in [0.3, 0.4) is 0 Å². The van der Waals surface area contributed by atoms with Crippen molar-refractivity contribution in [2.45, 2.75) is 33.1 Å². The van der Waals surface area contributed by atoms with E-state index in [1.807, 2.05) is 0 Å². The van der Waals surface area contributed by atoms with E-state index in [4.69, 9.17) is 16.3 Å². The maximum absolute atomic E-state index is 5.70. The lowest BCUT2D eigenvalue weighted by Crippen LogP contribution is -2.34. The number of halogens is 1. The van der Waals surface area contributed by atoms with Crippen molar-refractivity contribution >= 4 is 11.6 Å². The summed E-state index contributed by atoms with van der Waals surface area (Å²) in [6.45, 7) is 10.4. The molecular weight excluding hydrogens is 246 g/mol. The molecule has 1 N–H and O–H groups in total. The molecule has 0 saturated heterocycles. The van der Waals surface area contributed by atoms with Gasteiger partial charge in [-0.25, -0.2) is 0 Å². The molecule has 0 bridgehead atoms. The van der Waals surface area contributed by atoms with E-state index < -0.39 is 0 Å². The first-order valence-corrected chi connectivity index (χ1v) is 6.88. The van der Waals surface area contributed by atoms with Gasteiger partial charge in [-0.15, -0.1) is 11.6 Å². The third kappa shape index (κ3) is 3.63. The zero-order valence-electron chi connectivity index (χ0n) is 12.1. The number of aryl methyl sites for hydroxylation is 2. The molecule has 102 valence electrons. The van der Waals surface area contributed by atoms with Gasteiger partial charge in [0, 0.05) is 29.9 Å². The summed E-state index contributed by atoms with van der Waals surface area (Å²) in [6, 6.07) is 4.31. The molecule has 1 aromatic carbocycles. The fraction of sp³-hybridized carbons (Fsp3) is 0.600. The fourth-order valence-corrected chi connectivity index (χ4v) is 2.65. The second-order valence-electron chi connectivity index (χ2n) is 5.41. The van der Waals surface area contributed by atoms with Crippen molar-refractivity contribution in [2.24, 2.45) is 0 Å². The molecular formula is C15H24ClNO. The number of benzene rings is 1. The molecule has 3 heteroatoms. The molecule has 0 aliphatic carbocycles. The van der Waals surface area contributed by atoms with Crippen molar-refractivity contribution in [3.63, 3.8) is 0 Å². The molecule has 1 aromatic rings. The number of methoxy groups -OCH3 is 1. The molecule has 1 rings (SSSR count). The van der Waals surface area contributed by atoms with Gasteiger partial charge in [0.15, 0.2) is 0 Å². The van der Waals surface area contributed by atoms with Gasteiger partial charge in [-0.1, -0.05) is 19.9 Å². The summed E-state index contributed by atoms with van der Waals surface area (Å²) in [5.41, 5.74) is 3.81. The lowest BCUT2D eigenvalue weighted by Gasteiger charge is -2.29. The first-order valence-electron chi connectivity index (χ1n) is 6.34. The highest BCUT2D eigenvalue weighted by Gasteiger charge is 2.26. The number of rotatable bonds is 6. The molecule has 2 nitrogen and oxygen atoms in total. The minimum absolute atomic E-state index is 0.0230. The molecule has 0 atom stereocenters. The number of hydrogen-bond acceptors (Lipinski definition) is 2. The summed E-state index contributed by atoms with van der Waals surface area (Å²) in [7, 11) is 1.74. The van der Waals surface area contributed by atoms with Crippen LogP contribution in [-0.4, -0.2) is 26.1 Å². The topological polar surface area (TPSA) is 21.3 Å². The Morgan fingerprint density at radius 2 is 1.94 bits per heavy atom. The Morgan fingerprint density at radius 3 is 2.50 bits per heavy atom. The molecule has 0 heterocycles. The van der Waals surface area contributed by atoms with Gasteiger partial charge in [0.25, 0.3) is 0 Å². The van der Waals surface area contributed by atoms with E-state index in [-0.39, 0.29) is 5.41 Å². The van der Waals surface area contributed by atoms with Gasteiger partial charge in [-0.2, -0.15) is 0 Å². The largest absolute Gasteiger partial charge is 0.496 e. The molecule has 0 amide bonds. The van der Waals surface area contributed by atoms with Crippen LogP contribution in [0.25, 0.3) is 0 Å². The summed E-state index contributed by atoms with van der Waals surface area (Å²) in [4.78, 5) is 0. The predicted octanol–water partition coefficient (Wildman–Crippen LogP) is 3.42. The highest BCUT2D eigenvalue weighted by Crippen LogP contribution is 2.35. The van der Waals surface area contributed by atoms with Gasteiger partial charge in [0.1, 0.15) is 5.75 Å². The third-order valence-corrected chi connectivity index (χ3v) is 3.37. The lowest BCUT2D eigenvalue weighted by atomic mass is 9.80. The minimum atomic E-state index is 0.0230. The molecule has 0 radical (unpaired) electrons. The highest BCUT2D eigenvalue weighted by atomic mass is 35.5. The fourth-order valence-electron chi connectivity index (χ4n) is 2.51. The van der Waals surface area contributed by atoms with E-state index in [1.54, 1.807) is 7.11 Å². The maximum Gasteiger partial charge on any atom is 0.123 e. The van der Waals surface area contributed by atoms with Crippen molar-refractivity contribution in [3.8, 4) is 5.75 Å². The smallest absolute Gasteiger partial charge is 0.123 e. The van der Waals surface area contributed by atoms with Crippen LogP contribution in [0.5, 0.6) is 5.75 Å². The third-order valence-electron chi connectivity index (χ3n) is 3.18. The van der Waals surface area contributed by atoms with Crippen LogP contribution in [0.2, 0.25) is 0 Å². The Hall–Kier alpha value is -0.730. The molecule has 0 saturated carbocycles. The Labute approximate surface area is 116 Å². The molecule has 0 aromatic heterocycles. The van der Waals surface area contributed by atoms with Crippen LogP contribution in [0.1, 0.15) is 30.5 Å². The summed E-state index contributed by atoms with van der Waals surface area (Å²) in [5, 5.41) is 3.38. The number of nitrogens with one attached hydrogen (secondary N) is 1. The zero-order valence-corrected chi connectivity index (χ0v) is 12.8. The summed E-state index contributed by atoms with van der Waals surface area (Å²) in [5.74, 6) is 1.62. The predicted molar refractivity (Wildman–Crippen MR) is 79.1 cm³/mol. The van der Waals surface area contributed by atoms with Crippen LogP contribution in [-0.2, 0) is 5.41 Å². The average Bonchev–Trinajstić information content (AvgIpc) is 2.27. The van der Waals surface area contributed by atoms with Gasteiger partial charge in [-0.3, -0.25) is 0 Å². The van der Waals surface area contributed by atoms with Gasteiger partial charge < -0.3 is 10.1 Å². The van der Waals surface area contributed by atoms with Crippen molar-refractivity contribution in [1.29, 1.82) is 0 Å². The molecule has 0 aliphatic rings. The zero-order chi connectivity index (χ0) is 13.8. The highest BCUT2D eigenvalue weighted by molar-refractivity contribution is 6.18.